The molecule has 0 saturated heterocycles. The fourth-order valence-electron chi connectivity index (χ4n) is 2.06. The van der Waals surface area contributed by atoms with Crippen LogP contribution in [0.15, 0.2) is 52.9 Å². The zero-order valence-corrected chi connectivity index (χ0v) is 10.7. The number of aliphatic hydroxyl groups excluding tert-OH is 1. The minimum atomic E-state index is 0.106. The summed E-state index contributed by atoms with van der Waals surface area (Å²) in [6, 6.07) is 15.7. The first-order valence-corrected chi connectivity index (χ1v) is 6.34. The first kappa shape index (κ1) is 11.9. The molecular formula is C16H15NO2. The Labute approximate surface area is 111 Å². The van der Waals surface area contributed by atoms with Crippen LogP contribution >= 0.6 is 0 Å². The molecular weight excluding hydrogens is 238 g/mol. The van der Waals surface area contributed by atoms with Crippen LogP contribution in [-0.4, -0.2) is 16.7 Å². The molecule has 1 aromatic heterocycles. The highest BCUT2D eigenvalue weighted by atomic mass is 16.3. The quantitative estimate of drug-likeness (QED) is 0.775. The van der Waals surface area contributed by atoms with Crippen LogP contribution in [0.1, 0.15) is 18.4 Å². The van der Waals surface area contributed by atoms with E-state index in [9.17, 15) is 5.11 Å². The Balaban J connectivity index is 2.06. The zero-order chi connectivity index (χ0) is 13.2. The van der Waals surface area contributed by atoms with Crippen LogP contribution in [0, 0.1) is 0 Å². The van der Waals surface area contributed by atoms with Crippen LogP contribution < -0.4 is 0 Å². The van der Waals surface area contributed by atoms with Gasteiger partial charge in [0, 0.05) is 18.1 Å². The summed E-state index contributed by atoms with van der Waals surface area (Å²) in [5, 5.41) is 9.20. The molecule has 0 fully saturated rings. The van der Waals surface area contributed by atoms with Crippen LogP contribution in [0.3, 0.4) is 0 Å². The molecule has 19 heavy (non-hydrogen) atoms. The Morgan fingerprint density at radius 3 is 2.68 bits per heavy atom. The number of aromatic nitrogens is 1. The normalized spacial score (nSPS) is 12.7. The van der Waals surface area contributed by atoms with Crippen molar-refractivity contribution in [3.8, 4) is 11.5 Å². The molecule has 96 valence electrons. The van der Waals surface area contributed by atoms with Gasteiger partial charge in [-0.3, -0.25) is 0 Å². The van der Waals surface area contributed by atoms with Crippen molar-refractivity contribution < 1.29 is 9.52 Å². The van der Waals surface area contributed by atoms with Gasteiger partial charge in [-0.2, -0.15) is 0 Å². The lowest BCUT2D eigenvalue weighted by atomic mass is 10.0. The van der Waals surface area contributed by atoms with Gasteiger partial charge in [0.2, 0.25) is 5.89 Å². The number of nitrogens with zero attached hydrogens (tertiary/aromatic N) is 1. The standard InChI is InChI=1S/C16H15NO2/c1-11(10-18)13-7-8-14-15(9-13)19-16(17-14)12-5-3-2-4-6-12/h2-9,11,18H,10H2,1H3/t11-/m1/s1. The number of fused-ring (bicyclic) bond motifs is 1. The molecule has 0 bridgehead atoms. The van der Waals surface area contributed by atoms with E-state index in [1.807, 2.05) is 55.5 Å². The Morgan fingerprint density at radius 2 is 1.95 bits per heavy atom. The van der Waals surface area contributed by atoms with E-state index in [2.05, 4.69) is 4.98 Å². The Morgan fingerprint density at radius 1 is 1.16 bits per heavy atom. The summed E-state index contributed by atoms with van der Waals surface area (Å²) in [6.07, 6.45) is 0. The smallest absolute Gasteiger partial charge is 0.227 e. The molecule has 3 heteroatoms. The monoisotopic (exact) mass is 253 g/mol. The predicted molar refractivity (Wildman–Crippen MR) is 74.9 cm³/mol. The molecule has 0 aliphatic carbocycles. The maximum atomic E-state index is 9.20. The molecule has 0 aliphatic heterocycles. The van der Waals surface area contributed by atoms with E-state index in [0.29, 0.717) is 5.89 Å². The molecule has 3 nitrogen and oxygen atoms in total. The maximum absolute atomic E-state index is 9.20. The molecule has 1 heterocycles. The van der Waals surface area contributed by atoms with E-state index in [4.69, 9.17) is 4.42 Å². The Hall–Kier alpha value is -2.13. The molecule has 1 atom stereocenters. The molecule has 3 rings (SSSR count). The molecule has 2 aromatic carbocycles. The highest BCUT2D eigenvalue weighted by Gasteiger charge is 2.10. The highest BCUT2D eigenvalue weighted by molar-refractivity contribution is 5.77. The fraction of sp³-hybridized carbons (Fsp3) is 0.188. The average molecular weight is 253 g/mol. The molecule has 0 aliphatic rings. The molecule has 1 N–H and O–H groups in total. The lowest BCUT2D eigenvalue weighted by molar-refractivity contribution is 0.273. The van der Waals surface area contributed by atoms with Crippen molar-refractivity contribution in [3.63, 3.8) is 0 Å². The summed E-state index contributed by atoms with van der Waals surface area (Å²) in [4.78, 5) is 4.48. The Kier molecular flexibility index (Phi) is 3.05. The summed E-state index contributed by atoms with van der Waals surface area (Å²) < 4.78 is 5.80. The highest BCUT2D eigenvalue weighted by Crippen LogP contribution is 2.26. The van der Waals surface area contributed by atoms with Gasteiger partial charge in [0.05, 0.1) is 0 Å². The molecule has 0 saturated carbocycles. The summed E-state index contributed by atoms with van der Waals surface area (Å²) in [6.45, 7) is 2.11. The van der Waals surface area contributed by atoms with Crippen molar-refractivity contribution in [3.05, 3.63) is 54.1 Å². The third kappa shape index (κ3) is 2.25. The summed E-state index contributed by atoms with van der Waals surface area (Å²) in [7, 11) is 0. The van der Waals surface area contributed by atoms with Gasteiger partial charge >= 0.3 is 0 Å². The van der Waals surface area contributed by atoms with Gasteiger partial charge in [0.15, 0.2) is 5.58 Å². The van der Waals surface area contributed by atoms with Gasteiger partial charge in [-0.05, 0) is 29.8 Å². The second kappa shape index (κ2) is 4.86. The molecule has 0 spiro atoms. The summed E-state index contributed by atoms with van der Waals surface area (Å²) >= 11 is 0. The number of aliphatic hydroxyl groups is 1. The molecule has 0 unspecified atom stereocenters. The van der Waals surface area contributed by atoms with Crippen molar-refractivity contribution >= 4 is 11.1 Å². The SMILES string of the molecule is C[C@H](CO)c1ccc2nc(-c3ccccc3)oc2c1. The van der Waals surface area contributed by atoms with E-state index < -0.39 is 0 Å². The van der Waals surface area contributed by atoms with E-state index in [1.165, 1.54) is 0 Å². The van der Waals surface area contributed by atoms with Crippen molar-refractivity contribution in [2.45, 2.75) is 12.8 Å². The van der Waals surface area contributed by atoms with Crippen LogP contribution in [0.5, 0.6) is 0 Å². The third-order valence-corrected chi connectivity index (χ3v) is 3.28. The van der Waals surface area contributed by atoms with Crippen molar-refractivity contribution in [2.75, 3.05) is 6.61 Å². The van der Waals surface area contributed by atoms with Crippen molar-refractivity contribution in [2.24, 2.45) is 0 Å². The number of rotatable bonds is 3. The van der Waals surface area contributed by atoms with Crippen LogP contribution in [0.2, 0.25) is 0 Å². The third-order valence-electron chi connectivity index (χ3n) is 3.28. The minimum absolute atomic E-state index is 0.106. The average Bonchev–Trinajstić information content (AvgIpc) is 2.90. The second-order valence-electron chi connectivity index (χ2n) is 4.70. The fourth-order valence-corrected chi connectivity index (χ4v) is 2.06. The number of oxazole rings is 1. The van der Waals surface area contributed by atoms with Crippen LogP contribution in [-0.2, 0) is 0 Å². The van der Waals surface area contributed by atoms with Gasteiger partial charge in [-0.15, -0.1) is 0 Å². The van der Waals surface area contributed by atoms with Crippen LogP contribution in [0.4, 0.5) is 0 Å². The molecule has 0 amide bonds. The van der Waals surface area contributed by atoms with Gasteiger partial charge in [0.25, 0.3) is 0 Å². The predicted octanol–water partition coefficient (Wildman–Crippen LogP) is 3.59. The lowest BCUT2D eigenvalue weighted by Crippen LogP contribution is -1.97. The van der Waals surface area contributed by atoms with E-state index >= 15 is 0 Å². The van der Waals surface area contributed by atoms with Gasteiger partial charge in [-0.25, -0.2) is 4.98 Å². The summed E-state index contributed by atoms with van der Waals surface area (Å²) in [5.41, 5.74) is 3.63. The van der Waals surface area contributed by atoms with Gasteiger partial charge < -0.3 is 9.52 Å². The van der Waals surface area contributed by atoms with Crippen molar-refractivity contribution in [1.82, 2.24) is 4.98 Å². The largest absolute Gasteiger partial charge is 0.436 e. The summed E-state index contributed by atoms with van der Waals surface area (Å²) in [5.74, 6) is 0.735. The number of benzene rings is 2. The van der Waals surface area contributed by atoms with E-state index in [-0.39, 0.29) is 12.5 Å². The minimum Gasteiger partial charge on any atom is -0.436 e. The molecule has 3 aromatic rings. The topological polar surface area (TPSA) is 46.3 Å². The molecule has 0 radical (unpaired) electrons. The van der Waals surface area contributed by atoms with Crippen LogP contribution in [0.25, 0.3) is 22.6 Å². The van der Waals surface area contributed by atoms with E-state index in [1.54, 1.807) is 0 Å². The second-order valence-corrected chi connectivity index (χ2v) is 4.70. The number of hydrogen-bond donors (Lipinski definition) is 1. The zero-order valence-electron chi connectivity index (χ0n) is 10.7. The van der Waals surface area contributed by atoms with Gasteiger partial charge in [0.1, 0.15) is 5.52 Å². The van der Waals surface area contributed by atoms with E-state index in [0.717, 1.165) is 22.2 Å². The maximum Gasteiger partial charge on any atom is 0.227 e. The first-order chi connectivity index (χ1) is 9.28. The Bertz CT molecular complexity index is 688. The lowest BCUT2D eigenvalue weighted by Gasteiger charge is -2.06. The number of hydrogen-bond acceptors (Lipinski definition) is 3. The van der Waals surface area contributed by atoms with Gasteiger partial charge in [-0.1, -0.05) is 31.2 Å². The first-order valence-electron chi connectivity index (χ1n) is 6.34. The van der Waals surface area contributed by atoms with Crippen molar-refractivity contribution in [1.29, 1.82) is 0 Å².